The van der Waals surface area contributed by atoms with Crippen molar-refractivity contribution in [1.82, 2.24) is 4.90 Å². The molecule has 5 nitrogen and oxygen atoms in total. The van der Waals surface area contributed by atoms with Crippen molar-refractivity contribution in [3.8, 4) is 5.75 Å². The van der Waals surface area contributed by atoms with E-state index in [4.69, 9.17) is 9.73 Å². The van der Waals surface area contributed by atoms with Crippen LogP contribution in [-0.2, 0) is 11.3 Å². The topological polar surface area (TPSA) is 45.1 Å². The van der Waals surface area contributed by atoms with Crippen LogP contribution < -0.4 is 9.64 Å². The van der Waals surface area contributed by atoms with Gasteiger partial charge >= 0.3 is 0 Å². The van der Waals surface area contributed by atoms with Crippen molar-refractivity contribution < 1.29 is 9.53 Å². The van der Waals surface area contributed by atoms with E-state index in [9.17, 15) is 4.79 Å². The molecule has 0 saturated carbocycles. The summed E-state index contributed by atoms with van der Waals surface area (Å²) in [5, 5.41) is 1.66. The van der Waals surface area contributed by atoms with E-state index >= 15 is 0 Å². The van der Waals surface area contributed by atoms with Crippen LogP contribution in [0.1, 0.15) is 23.6 Å². The summed E-state index contributed by atoms with van der Waals surface area (Å²) in [5.74, 6) is 0.797. The number of anilines is 1. The second-order valence-electron chi connectivity index (χ2n) is 8.48. The lowest BCUT2D eigenvalue weighted by atomic mass is 10.1. The number of ether oxygens (including phenoxy) is 1. The van der Waals surface area contributed by atoms with Crippen LogP contribution in [0.4, 0.5) is 11.4 Å². The minimum absolute atomic E-state index is 0.0110. The third kappa shape index (κ3) is 4.58. The zero-order valence-corrected chi connectivity index (χ0v) is 21.9. The summed E-state index contributed by atoms with van der Waals surface area (Å²) in [6.45, 7) is 7.47. The van der Waals surface area contributed by atoms with Gasteiger partial charge in [-0.2, -0.15) is 0 Å². The number of thioether (sulfide) groups is 2. The average Bonchev–Trinajstić information content (AvgIpc) is 3.38. The Hall–Kier alpha value is -3.16. The molecule has 1 fully saturated rings. The van der Waals surface area contributed by atoms with E-state index in [1.807, 2.05) is 48.5 Å². The lowest BCUT2D eigenvalue weighted by Crippen LogP contribution is -2.29. The Bertz CT molecular complexity index is 1350. The number of fused-ring (bicyclic) bond motifs is 1. The molecule has 0 aliphatic carbocycles. The number of aryl methyl sites for hydroxylation is 2. The maximum absolute atomic E-state index is 13.9. The molecular weight excluding hydrogens is 474 g/mol. The summed E-state index contributed by atoms with van der Waals surface area (Å²) in [6.07, 6.45) is 0. The zero-order chi connectivity index (χ0) is 24.5. The highest BCUT2D eigenvalue weighted by atomic mass is 32.2. The fraction of sp³-hybridized carbons (Fsp3) is 0.214. The highest BCUT2D eigenvalue weighted by molar-refractivity contribution is 8.19. The minimum atomic E-state index is -0.0110. The monoisotopic (exact) mass is 501 g/mol. The molecule has 2 aliphatic heterocycles. The summed E-state index contributed by atoms with van der Waals surface area (Å²) in [4.78, 5) is 24.7. The van der Waals surface area contributed by atoms with Gasteiger partial charge < -0.3 is 9.64 Å². The molecule has 7 heteroatoms. The van der Waals surface area contributed by atoms with Gasteiger partial charge in [0.05, 0.1) is 25.0 Å². The van der Waals surface area contributed by atoms with Gasteiger partial charge in [-0.15, -0.1) is 0 Å². The van der Waals surface area contributed by atoms with E-state index in [0.717, 1.165) is 44.7 Å². The Morgan fingerprint density at radius 2 is 1.74 bits per heavy atom. The van der Waals surface area contributed by atoms with Crippen molar-refractivity contribution in [3.63, 3.8) is 0 Å². The number of rotatable bonds is 5. The van der Waals surface area contributed by atoms with Gasteiger partial charge in [0.1, 0.15) is 15.7 Å². The molecule has 5 rings (SSSR count). The third-order valence-corrected chi connectivity index (χ3v) is 8.41. The highest BCUT2D eigenvalue weighted by Gasteiger charge is 2.39. The van der Waals surface area contributed by atoms with Crippen LogP contribution in [0.2, 0.25) is 0 Å². The standard InChI is InChI=1S/C28H27N3O2S2/c1-5-30-23-16-21(33-4)12-14-24(23)34-27(30)25-26(32)31(17-20-9-7-6-8-10-20)28(35-25)29-22-13-11-18(2)15-19(22)3/h6-16H,5,17H2,1-4H3. The average molecular weight is 502 g/mol. The summed E-state index contributed by atoms with van der Waals surface area (Å²) in [6, 6.07) is 22.3. The van der Waals surface area contributed by atoms with Crippen LogP contribution in [-0.4, -0.2) is 29.6 Å². The van der Waals surface area contributed by atoms with Gasteiger partial charge in [-0.1, -0.05) is 59.8 Å². The lowest BCUT2D eigenvalue weighted by molar-refractivity contribution is -0.122. The van der Waals surface area contributed by atoms with E-state index < -0.39 is 0 Å². The molecule has 0 radical (unpaired) electrons. The van der Waals surface area contributed by atoms with Crippen molar-refractivity contribution in [3.05, 3.63) is 93.4 Å². The van der Waals surface area contributed by atoms with Crippen molar-refractivity contribution >= 4 is 46.0 Å². The molecule has 2 heterocycles. The number of aliphatic imine (C=N–C) groups is 1. The SMILES string of the molecule is CCN1C(=C2SC(=Nc3ccc(C)cc3C)N(Cc3ccccc3)C2=O)Sc2ccc(OC)cc21. The Morgan fingerprint density at radius 1 is 0.943 bits per heavy atom. The Labute approximate surface area is 214 Å². The fourth-order valence-electron chi connectivity index (χ4n) is 4.23. The van der Waals surface area contributed by atoms with Gasteiger partial charge in [0.2, 0.25) is 0 Å². The first-order valence-corrected chi connectivity index (χ1v) is 13.2. The third-order valence-electron chi connectivity index (χ3n) is 6.03. The number of methoxy groups -OCH3 is 1. The summed E-state index contributed by atoms with van der Waals surface area (Å²) in [5.41, 5.74) is 5.31. The first kappa shape index (κ1) is 23.6. The molecule has 0 aromatic heterocycles. The number of amidine groups is 1. The fourth-order valence-corrected chi connectivity index (χ4v) is 6.59. The molecule has 0 spiro atoms. The minimum Gasteiger partial charge on any atom is -0.497 e. The second-order valence-corrected chi connectivity index (χ2v) is 10.5. The van der Waals surface area contributed by atoms with Gasteiger partial charge in [0.25, 0.3) is 5.91 Å². The number of benzene rings is 3. The quantitative estimate of drug-likeness (QED) is 0.357. The van der Waals surface area contributed by atoms with Crippen LogP contribution in [0.5, 0.6) is 5.75 Å². The summed E-state index contributed by atoms with van der Waals surface area (Å²) < 4.78 is 5.45. The molecule has 2 aliphatic rings. The van der Waals surface area contributed by atoms with Gasteiger partial charge in [-0.05, 0) is 61.9 Å². The largest absolute Gasteiger partial charge is 0.497 e. The Balaban J connectivity index is 1.58. The van der Waals surface area contributed by atoms with Crippen molar-refractivity contribution in [1.29, 1.82) is 0 Å². The van der Waals surface area contributed by atoms with Gasteiger partial charge in [0, 0.05) is 17.5 Å². The Morgan fingerprint density at radius 3 is 2.46 bits per heavy atom. The van der Waals surface area contributed by atoms with Crippen LogP contribution >= 0.6 is 23.5 Å². The number of carbonyl (C=O) groups is 1. The molecule has 1 saturated heterocycles. The van der Waals surface area contributed by atoms with Crippen LogP contribution in [0.25, 0.3) is 0 Å². The molecule has 3 aromatic rings. The van der Waals surface area contributed by atoms with Crippen LogP contribution in [0.3, 0.4) is 0 Å². The number of nitrogens with zero attached hydrogens (tertiary/aromatic N) is 3. The molecule has 0 atom stereocenters. The van der Waals surface area contributed by atoms with Crippen LogP contribution in [0, 0.1) is 13.8 Å². The van der Waals surface area contributed by atoms with Gasteiger partial charge in [-0.3, -0.25) is 9.69 Å². The van der Waals surface area contributed by atoms with Crippen molar-refractivity contribution in [2.24, 2.45) is 4.99 Å². The van der Waals surface area contributed by atoms with E-state index in [2.05, 4.69) is 43.9 Å². The molecule has 1 amide bonds. The predicted molar refractivity (Wildman–Crippen MR) is 146 cm³/mol. The van der Waals surface area contributed by atoms with E-state index in [1.165, 1.54) is 17.3 Å². The van der Waals surface area contributed by atoms with E-state index in [0.29, 0.717) is 16.6 Å². The van der Waals surface area contributed by atoms with Gasteiger partial charge in [-0.25, -0.2) is 4.99 Å². The first-order valence-electron chi connectivity index (χ1n) is 11.6. The first-order chi connectivity index (χ1) is 17.0. The van der Waals surface area contributed by atoms with E-state index in [1.54, 1.807) is 23.8 Å². The maximum atomic E-state index is 13.9. The predicted octanol–water partition coefficient (Wildman–Crippen LogP) is 6.88. The van der Waals surface area contributed by atoms with Crippen molar-refractivity contribution in [2.45, 2.75) is 32.2 Å². The highest BCUT2D eigenvalue weighted by Crippen LogP contribution is 2.51. The number of carbonyl (C=O) groups excluding carboxylic acids is 1. The molecule has 178 valence electrons. The maximum Gasteiger partial charge on any atom is 0.269 e. The zero-order valence-electron chi connectivity index (χ0n) is 20.2. The van der Waals surface area contributed by atoms with E-state index in [-0.39, 0.29) is 5.91 Å². The summed E-state index contributed by atoms with van der Waals surface area (Å²) >= 11 is 3.10. The molecule has 3 aromatic carbocycles. The normalized spacial score (nSPS) is 18.5. The Kier molecular flexibility index (Phi) is 6.62. The molecule has 35 heavy (non-hydrogen) atoms. The number of hydrogen-bond donors (Lipinski definition) is 0. The van der Waals surface area contributed by atoms with Gasteiger partial charge in [0.15, 0.2) is 5.17 Å². The lowest BCUT2D eigenvalue weighted by Gasteiger charge is -2.19. The summed E-state index contributed by atoms with van der Waals surface area (Å²) in [7, 11) is 1.67. The number of amides is 1. The molecular formula is C28H27N3O2S2. The second kappa shape index (κ2) is 9.84. The van der Waals surface area contributed by atoms with Crippen LogP contribution in [0.15, 0.2) is 86.6 Å². The molecule has 0 unspecified atom stereocenters. The smallest absolute Gasteiger partial charge is 0.269 e. The molecule has 0 bridgehead atoms. The molecule has 0 N–H and O–H groups in total. The number of hydrogen-bond acceptors (Lipinski definition) is 6. The van der Waals surface area contributed by atoms with Crippen molar-refractivity contribution in [2.75, 3.05) is 18.6 Å².